The van der Waals surface area contributed by atoms with E-state index in [2.05, 4.69) is 12.2 Å². The maximum Gasteiger partial charge on any atom is 0.251 e. The molecule has 0 spiro atoms. The molecule has 3 nitrogen and oxygen atoms in total. The molecule has 1 aliphatic carbocycles. The van der Waals surface area contributed by atoms with Gasteiger partial charge >= 0.3 is 0 Å². The summed E-state index contributed by atoms with van der Waals surface area (Å²) in [6, 6.07) is 12.8. The fourth-order valence-corrected chi connectivity index (χ4v) is 3.62. The number of amides is 1. The molecule has 1 aliphatic rings. The quantitative estimate of drug-likeness (QED) is 0.823. The monoisotopic (exact) mass is 355 g/mol. The summed E-state index contributed by atoms with van der Waals surface area (Å²) in [5, 5.41) is 12.6. The average Bonchev–Trinajstić information content (AvgIpc) is 2.60. The van der Waals surface area contributed by atoms with Crippen LogP contribution in [-0.2, 0) is 6.42 Å². The van der Waals surface area contributed by atoms with Gasteiger partial charge in [-0.15, -0.1) is 0 Å². The van der Waals surface area contributed by atoms with Crippen LogP contribution in [-0.4, -0.2) is 23.2 Å². The first-order chi connectivity index (χ1) is 12.5. The average molecular weight is 355 g/mol. The van der Waals surface area contributed by atoms with E-state index >= 15 is 0 Å². The molecule has 2 N–H and O–H groups in total. The molecular formula is C22H26FNO2. The zero-order valence-corrected chi connectivity index (χ0v) is 15.3. The highest BCUT2D eigenvalue weighted by atomic mass is 19.1. The van der Waals surface area contributed by atoms with Gasteiger partial charge in [-0.25, -0.2) is 4.39 Å². The van der Waals surface area contributed by atoms with Crippen molar-refractivity contribution in [1.29, 1.82) is 0 Å². The molecule has 4 heteroatoms. The molecule has 0 aromatic heterocycles. The lowest BCUT2D eigenvalue weighted by Crippen LogP contribution is -2.46. The van der Waals surface area contributed by atoms with E-state index in [-0.39, 0.29) is 23.9 Å². The van der Waals surface area contributed by atoms with E-state index in [1.807, 2.05) is 30.3 Å². The van der Waals surface area contributed by atoms with E-state index in [9.17, 15) is 14.3 Å². The largest absolute Gasteiger partial charge is 0.393 e. The summed E-state index contributed by atoms with van der Waals surface area (Å²) in [4.78, 5) is 12.8. The highest BCUT2D eigenvalue weighted by molar-refractivity contribution is 5.96. The van der Waals surface area contributed by atoms with Gasteiger partial charge in [0.1, 0.15) is 5.82 Å². The van der Waals surface area contributed by atoms with Crippen LogP contribution >= 0.6 is 0 Å². The van der Waals surface area contributed by atoms with E-state index in [1.165, 1.54) is 6.07 Å². The van der Waals surface area contributed by atoms with Gasteiger partial charge in [0.05, 0.1) is 6.10 Å². The Labute approximate surface area is 154 Å². The molecular weight excluding hydrogens is 329 g/mol. The number of nitrogens with one attached hydrogen (secondary N) is 1. The Morgan fingerprint density at radius 3 is 2.65 bits per heavy atom. The van der Waals surface area contributed by atoms with Crippen LogP contribution in [0.4, 0.5) is 4.39 Å². The van der Waals surface area contributed by atoms with Crippen LogP contribution in [0.3, 0.4) is 0 Å². The third-order valence-corrected chi connectivity index (χ3v) is 5.37. The van der Waals surface area contributed by atoms with Gasteiger partial charge in [0, 0.05) is 11.6 Å². The van der Waals surface area contributed by atoms with Gasteiger partial charge in [-0.1, -0.05) is 37.3 Å². The maximum atomic E-state index is 13.8. The summed E-state index contributed by atoms with van der Waals surface area (Å²) in [6.07, 6.45) is 2.63. The third-order valence-electron chi connectivity index (χ3n) is 5.37. The molecule has 1 fully saturated rings. The fourth-order valence-electron chi connectivity index (χ4n) is 3.62. The highest BCUT2D eigenvalue weighted by Crippen LogP contribution is 2.31. The first kappa shape index (κ1) is 18.6. The fraction of sp³-hybridized carbons (Fsp3) is 0.409. The SMILES string of the molecule is CCC(NC(=O)c1ccccc1Cc1ccc(C)c(F)c1)C1CC(O)C1. The predicted molar refractivity (Wildman–Crippen MR) is 101 cm³/mol. The molecule has 138 valence electrons. The number of carbonyl (C=O) groups is 1. The molecule has 2 aromatic rings. The topological polar surface area (TPSA) is 49.3 Å². The van der Waals surface area contributed by atoms with Crippen LogP contribution in [0.15, 0.2) is 42.5 Å². The van der Waals surface area contributed by atoms with Gasteiger partial charge < -0.3 is 10.4 Å². The van der Waals surface area contributed by atoms with Crippen molar-refractivity contribution in [1.82, 2.24) is 5.32 Å². The minimum Gasteiger partial charge on any atom is -0.393 e. The smallest absolute Gasteiger partial charge is 0.251 e. The van der Waals surface area contributed by atoms with E-state index in [0.29, 0.717) is 23.5 Å². The zero-order chi connectivity index (χ0) is 18.7. The summed E-state index contributed by atoms with van der Waals surface area (Å²) in [5.74, 6) is 0.0257. The van der Waals surface area contributed by atoms with Crippen LogP contribution in [0.25, 0.3) is 0 Å². The van der Waals surface area contributed by atoms with E-state index < -0.39 is 0 Å². The van der Waals surface area contributed by atoms with Crippen molar-refractivity contribution in [2.75, 3.05) is 0 Å². The Balaban J connectivity index is 1.75. The highest BCUT2D eigenvalue weighted by Gasteiger charge is 2.34. The number of aliphatic hydroxyl groups is 1. The van der Waals surface area contributed by atoms with Crippen molar-refractivity contribution in [3.63, 3.8) is 0 Å². The number of rotatable bonds is 6. The first-order valence-electron chi connectivity index (χ1n) is 9.29. The summed E-state index contributed by atoms with van der Waals surface area (Å²) >= 11 is 0. The number of benzene rings is 2. The maximum absolute atomic E-state index is 13.8. The van der Waals surface area contributed by atoms with Crippen molar-refractivity contribution in [2.45, 2.75) is 51.7 Å². The van der Waals surface area contributed by atoms with E-state index in [1.54, 1.807) is 13.0 Å². The number of hydrogen-bond donors (Lipinski definition) is 2. The molecule has 1 atom stereocenters. The van der Waals surface area contributed by atoms with Gasteiger partial charge in [-0.05, 0) is 67.3 Å². The number of halogens is 1. The van der Waals surface area contributed by atoms with Crippen molar-refractivity contribution < 1.29 is 14.3 Å². The van der Waals surface area contributed by atoms with Crippen LogP contribution < -0.4 is 5.32 Å². The van der Waals surface area contributed by atoms with Gasteiger partial charge in [-0.2, -0.15) is 0 Å². The van der Waals surface area contributed by atoms with Gasteiger partial charge in [0.2, 0.25) is 0 Å². The van der Waals surface area contributed by atoms with E-state index in [0.717, 1.165) is 30.4 Å². The van der Waals surface area contributed by atoms with Crippen LogP contribution in [0.2, 0.25) is 0 Å². The lowest BCUT2D eigenvalue weighted by molar-refractivity contribution is 0.0232. The van der Waals surface area contributed by atoms with Gasteiger partial charge in [-0.3, -0.25) is 4.79 Å². The van der Waals surface area contributed by atoms with Crippen molar-refractivity contribution in [3.05, 3.63) is 70.5 Å². The molecule has 2 aromatic carbocycles. The lowest BCUT2D eigenvalue weighted by atomic mass is 9.76. The molecule has 1 unspecified atom stereocenters. The van der Waals surface area contributed by atoms with Crippen LogP contribution in [0.5, 0.6) is 0 Å². The zero-order valence-electron chi connectivity index (χ0n) is 15.3. The Morgan fingerprint density at radius 2 is 2.00 bits per heavy atom. The van der Waals surface area contributed by atoms with Crippen LogP contribution in [0, 0.1) is 18.7 Å². The molecule has 1 saturated carbocycles. The number of aryl methyl sites for hydroxylation is 1. The second-order valence-electron chi connectivity index (χ2n) is 7.29. The summed E-state index contributed by atoms with van der Waals surface area (Å²) < 4.78 is 13.8. The lowest BCUT2D eigenvalue weighted by Gasteiger charge is -2.37. The molecule has 1 amide bonds. The predicted octanol–water partition coefficient (Wildman–Crippen LogP) is 4.00. The number of aliphatic hydroxyl groups excluding tert-OH is 1. The molecule has 0 aliphatic heterocycles. The minimum atomic E-state index is -0.227. The molecule has 0 radical (unpaired) electrons. The van der Waals surface area contributed by atoms with Crippen LogP contribution in [0.1, 0.15) is 53.2 Å². The molecule has 3 rings (SSSR count). The third kappa shape index (κ3) is 4.13. The second-order valence-corrected chi connectivity index (χ2v) is 7.29. The first-order valence-corrected chi connectivity index (χ1v) is 9.29. The van der Waals surface area contributed by atoms with Crippen molar-refractivity contribution in [2.24, 2.45) is 5.92 Å². The number of carbonyl (C=O) groups excluding carboxylic acids is 1. The Hall–Kier alpha value is -2.20. The van der Waals surface area contributed by atoms with Crippen molar-refractivity contribution >= 4 is 5.91 Å². The van der Waals surface area contributed by atoms with E-state index in [4.69, 9.17) is 0 Å². The van der Waals surface area contributed by atoms with Crippen molar-refractivity contribution in [3.8, 4) is 0 Å². The second kappa shape index (κ2) is 8.00. The molecule has 0 saturated heterocycles. The Kier molecular flexibility index (Phi) is 5.72. The molecule has 0 heterocycles. The minimum absolute atomic E-state index is 0.0794. The normalized spacial score (nSPS) is 20.3. The Bertz CT molecular complexity index is 783. The summed E-state index contributed by atoms with van der Waals surface area (Å²) in [6.45, 7) is 3.79. The van der Waals surface area contributed by atoms with Gasteiger partial charge in [0.15, 0.2) is 0 Å². The summed E-state index contributed by atoms with van der Waals surface area (Å²) in [5.41, 5.74) is 2.99. The Morgan fingerprint density at radius 1 is 1.27 bits per heavy atom. The molecule has 26 heavy (non-hydrogen) atoms. The summed E-state index contributed by atoms with van der Waals surface area (Å²) in [7, 11) is 0. The molecule has 0 bridgehead atoms. The van der Waals surface area contributed by atoms with Gasteiger partial charge in [0.25, 0.3) is 5.91 Å². The number of hydrogen-bond acceptors (Lipinski definition) is 2. The standard InChI is InChI=1S/C22H26FNO2/c1-3-21(17-12-18(25)13-17)24-22(26)19-7-5-4-6-16(19)10-15-9-8-14(2)20(23)11-15/h4-9,11,17-18,21,25H,3,10,12-13H2,1-2H3,(H,24,26).